The summed E-state index contributed by atoms with van der Waals surface area (Å²) < 4.78 is 27.0. The zero-order chi connectivity index (χ0) is 20.3. The standard InChI is InChI=1S/C18H24N4O5S/c1-14(23)15-3-5-16(6-4-15)28(26,27)21-11-9-20(10-12-21)7-2-8-22-17(24)13-19-18(22)25/h3-6H,2,7-13H2,1H3,(H,19,25). The summed E-state index contributed by atoms with van der Waals surface area (Å²) >= 11 is 0. The number of sulfonamides is 1. The maximum atomic E-state index is 12.8. The Balaban J connectivity index is 1.49. The molecule has 0 saturated carbocycles. The fraction of sp³-hybridized carbons (Fsp3) is 0.500. The largest absolute Gasteiger partial charge is 0.329 e. The molecule has 1 aromatic carbocycles. The minimum Gasteiger partial charge on any atom is -0.329 e. The van der Waals surface area contributed by atoms with Crippen LogP contribution in [0.25, 0.3) is 0 Å². The van der Waals surface area contributed by atoms with Gasteiger partial charge in [0.25, 0.3) is 0 Å². The molecule has 2 saturated heterocycles. The topological polar surface area (TPSA) is 107 Å². The molecule has 0 aliphatic carbocycles. The average Bonchev–Trinajstić information content (AvgIpc) is 3.00. The number of urea groups is 1. The summed E-state index contributed by atoms with van der Waals surface area (Å²) in [5.41, 5.74) is 0.480. The number of carbonyl (C=O) groups excluding carboxylic acids is 3. The van der Waals surface area contributed by atoms with Crippen LogP contribution < -0.4 is 5.32 Å². The van der Waals surface area contributed by atoms with Crippen molar-refractivity contribution in [2.45, 2.75) is 18.2 Å². The first-order chi connectivity index (χ1) is 13.3. The summed E-state index contributed by atoms with van der Waals surface area (Å²) in [7, 11) is -3.59. The van der Waals surface area contributed by atoms with Gasteiger partial charge in [-0.3, -0.25) is 14.5 Å². The minimum absolute atomic E-state index is 0.0583. The maximum Gasteiger partial charge on any atom is 0.324 e. The molecule has 28 heavy (non-hydrogen) atoms. The van der Waals surface area contributed by atoms with E-state index in [1.165, 1.54) is 40.4 Å². The Bertz CT molecular complexity index is 844. The van der Waals surface area contributed by atoms with Crippen molar-refractivity contribution in [1.29, 1.82) is 0 Å². The molecule has 2 heterocycles. The van der Waals surface area contributed by atoms with E-state index in [4.69, 9.17) is 0 Å². The Morgan fingerprint density at radius 2 is 1.68 bits per heavy atom. The Hall–Kier alpha value is -2.30. The van der Waals surface area contributed by atoms with Gasteiger partial charge in [-0.2, -0.15) is 4.31 Å². The molecule has 0 aromatic heterocycles. The predicted octanol–water partition coefficient (Wildman–Crippen LogP) is 0.137. The number of carbonyl (C=O) groups is 3. The number of amides is 3. The molecule has 0 bridgehead atoms. The van der Waals surface area contributed by atoms with Gasteiger partial charge in [-0.05, 0) is 32.0 Å². The second kappa shape index (κ2) is 8.38. The van der Waals surface area contributed by atoms with Crippen LogP contribution in [-0.2, 0) is 14.8 Å². The van der Waals surface area contributed by atoms with Crippen molar-refractivity contribution in [3.8, 4) is 0 Å². The Morgan fingerprint density at radius 1 is 1.04 bits per heavy atom. The van der Waals surface area contributed by atoms with Crippen molar-refractivity contribution in [3.63, 3.8) is 0 Å². The first-order valence-electron chi connectivity index (χ1n) is 9.21. The van der Waals surface area contributed by atoms with Crippen LogP contribution in [0.1, 0.15) is 23.7 Å². The van der Waals surface area contributed by atoms with Crippen molar-refractivity contribution in [2.24, 2.45) is 0 Å². The van der Waals surface area contributed by atoms with Crippen molar-refractivity contribution in [1.82, 2.24) is 19.4 Å². The fourth-order valence-electron chi connectivity index (χ4n) is 3.34. The van der Waals surface area contributed by atoms with E-state index in [9.17, 15) is 22.8 Å². The number of piperazine rings is 1. The summed E-state index contributed by atoms with van der Waals surface area (Å²) in [4.78, 5) is 37.9. The summed E-state index contributed by atoms with van der Waals surface area (Å²) in [6, 6.07) is 5.65. The lowest BCUT2D eigenvalue weighted by atomic mass is 10.2. The van der Waals surface area contributed by atoms with E-state index in [0.717, 1.165) is 0 Å². The van der Waals surface area contributed by atoms with Crippen molar-refractivity contribution in [2.75, 3.05) is 45.8 Å². The summed E-state index contributed by atoms with van der Waals surface area (Å²) in [5.74, 6) is -0.317. The second-order valence-electron chi connectivity index (χ2n) is 6.88. The summed E-state index contributed by atoms with van der Waals surface area (Å²) in [6.45, 7) is 4.48. The molecule has 1 aromatic rings. The van der Waals surface area contributed by atoms with E-state index in [0.29, 0.717) is 51.3 Å². The first-order valence-corrected chi connectivity index (χ1v) is 10.6. The van der Waals surface area contributed by atoms with E-state index >= 15 is 0 Å². The van der Waals surface area contributed by atoms with E-state index in [1.807, 2.05) is 0 Å². The highest BCUT2D eigenvalue weighted by Gasteiger charge is 2.30. The Kier molecular flexibility index (Phi) is 6.11. The van der Waals surface area contributed by atoms with Gasteiger partial charge in [-0.25, -0.2) is 13.2 Å². The molecule has 0 spiro atoms. The number of Topliss-reactive ketones (excluding diaryl/α,β-unsaturated/α-hetero) is 1. The zero-order valence-corrected chi connectivity index (χ0v) is 16.6. The van der Waals surface area contributed by atoms with E-state index in [-0.39, 0.29) is 29.2 Å². The van der Waals surface area contributed by atoms with Crippen LogP contribution in [0.15, 0.2) is 29.2 Å². The van der Waals surface area contributed by atoms with Crippen LogP contribution in [0, 0.1) is 0 Å². The lowest BCUT2D eigenvalue weighted by Crippen LogP contribution is -2.49. The molecule has 2 aliphatic rings. The number of hydrogen-bond donors (Lipinski definition) is 1. The quantitative estimate of drug-likeness (QED) is 0.508. The molecule has 9 nitrogen and oxygen atoms in total. The summed E-state index contributed by atoms with van der Waals surface area (Å²) in [5, 5.41) is 2.49. The molecule has 0 atom stereocenters. The summed E-state index contributed by atoms with van der Waals surface area (Å²) in [6.07, 6.45) is 0.651. The number of imide groups is 1. The Morgan fingerprint density at radius 3 is 2.21 bits per heavy atom. The molecular formula is C18H24N4O5S. The number of hydrogen-bond acceptors (Lipinski definition) is 6. The predicted molar refractivity (Wildman–Crippen MR) is 101 cm³/mol. The highest BCUT2D eigenvalue weighted by atomic mass is 32.2. The number of rotatable bonds is 7. The third kappa shape index (κ3) is 4.40. The smallest absolute Gasteiger partial charge is 0.324 e. The maximum absolute atomic E-state index is 12.8. The van der Waals surface area contributed by atoms with Gasteiger partial charge in [0.15, 0.2) is 5.78 Å². The molecule has 152 valence electrons. The average molecular weight is 408 g/mol. The molecule has 10 heteroatoms. The molecule has 0 unspecified atom stereocenters. The number of nitrogens with zero attached hydrogens (tertiary/aromatic N) is 3. The number of nitrogens with one attached hydrogen (secondary N) is 1. The molecule has 2 fully saturated rings. The normalized spacial score (nSPS) is 19.1. The van der Waals surface area contributed by atoms with E-state index < -0.39 is 10.0 Å². The SMILES string of the molecule is CC(=O)c1ccc(S(=O)(=O)N2CCN(CCCN3C(=O)CNC3=O)CC2)cc1. The first kappa shape index (κ1) is 20.4. The monoisotopic (exact) mass is 408 g/mol. The lowest BCUT2D eigenvalue weighted by Gasteiger charge is -2.34. The van der Waals surface area contributed by atoms with Gasteiger partial charge < -0.3 is 10.2 Å². The zero-order valence-electron chi connectivity index (χ0n) is 15.8. The van der Waals surface area contributed by atoms with Crippen molar-refractivity contribution >= 4 is 27.7 Å². The fourth-order valence-corrected chi connectivity index (χ4v) is 4.76. The molecule has 2 aliphatic heterocycles. The second-order valence-corrected chi connectivity index (χ2v) is 8.82. The third-order valence-corrected chi connectivity index (χ3v) is 6.94. The molecular weight excluding hydrogens is 384 g/mol. The van der Waals surface area contributed by atoms with Gasteiger partial charge in [0.05, 0.1) is 11.4 Å². The van der Waals surface area contributed by atoms with Gasteiger partial charge >= 0.3 is 6.03 Å². The minimum atomic E-state index is -3.59. The van der Waals surface area contributed by atoms with Gasteiger partial charge in [0.1, 0.15) is 0 Å². The van der Waals surface area contributed by atoms with Gasteiger partial charge in [0.2, 0.25) is 15.9 Å². The van der Waals surface area contributed by atoms with Crippen LogP contribution in [-0.4, -0.2) is 86.1 Å². The van der Waals surface area contributed by atoms with Gasteiger partial charge in [0, 0.05) is 38.3 Å². The van der Waals surface area contributed by atoms with Crippen LogP contribution in [0.3, 0.4) is 0 Å². The van der Waals surface area contributed by atoms with Crippen LogP contribution in [0.5, 0.6) is 0 Å². The van der Waals surface area contributed by atoms with Gasteiger partial charge in [-0.15, -0.1) is 0 Å². The highest BCUT2D eigenvalue weighted by molar-refractivity contribution is 7.89. The van der Waals surface area contributed by atoms with E-state index in [2.05, 4.69) is 10.2 Å². The van der Waals surface area contributed by atoms with Crippen molar-refractivity contribution in [3.05, 3.63) is 29.8 Å². The van der Waals surface area contributed by atoms with E-state index in [1.54, 1.807) is 0 Å². The number of ketones is 1. The van der Waals surface area contributed by atoms with Crippen LogP contribution in [0.2, 0.25) is 0 Å². The van der Waals surface area contributed by atoms with Crippen LogP contribution >= 0.6 is 0 Å². The molecule has 0 radical (unpaired) electrons. The Labute approximate surface area is 164 Å². The molecule has 3 amide bonds. The lowest BCUT2D eigenvalue weighted by molar-refractivity contribution is -0.125. The highest BCUT2D eigenvalue weighted by Crippen LogP contribution is 2.18. The molecule has 1 N–H and O–H groups in total. The molecule has 3 rings (SSSR count). The van der Waals surface area contributed by atoms with Gasteiger partial charge in [-0.1, -0.05) is 12.1 Å². The van der Waals surface area contributed by atoms with Crippen LogP contribution in [0.4, 0.5) is 4.79 Å². The van der Waals surface area contributed by atoms with Crippen molar-refractivity contribution < 1.29 is 22.8 Å². The third-order valence-electron chi connectivity index (χ3n) is 5.02. The number of benzene rings is 1.